The number of nitrogens with zero attached hydrogens (tertiary/aromatic N) is 2. The summed E-state index contributed by atoms with van der Waals surface area (Å²) in [6.45, 7) is 1.19. The van der Waals surface area contributed by atoms with Gasteiger partial charge >= 0.3 is 12.4 Å². The monoisotopic (exact) mass is 473 g/mol. The molecule has 0 bridgehead atoms. The van der Waals surface area contributed by atoms with Crippen molar-refractivity contribution in [2.75, 3.05) is 5.32 Å². The molecule has 0 fully saturated rings. The summed E-state index contributed by atoms with van der Waals surface area (Å²) >= 11 is 0. The van der Waals surface area contributed by atoms with Gasteiger partial charge in [0.1, 0.15) is 11.9 Å². The molecule has 0 aliphatic carbocycles. The van der Waals surface area contributed by atoms with Gasteiger partial charge in [-0.25, -0.2) is 9.07 Å². The molecule has 1 heterocycles. The third-order valence-corrected chi connectivity index (χ3v) is 4.57. The molecule has 0 saturated heterocycles. The van der Waals surface area contributed by atoms with E-state index in [-0.39, 0.29) is 11.8 Å². The zero-order valence-electron chi connectivity index (χ0n) is 16.6. The van der Waals surface area contributed by atoms with Crippen LogP contribution in [-0.2, 0) is 17.1 Å². The minimum Gasteiger partial charge on any atom is -0.324 e. The topological polar surface area (TPSA) is 64.0 Å². The predicted octanol–water partition coefficient (Wildman–Crippen LogP) is 5.29. The molecular formula is C21H14F7N3O2. The zero-order valence-corrected chi connectivity index (χ0v) is 16.6. The highest BCUT2D eigenvalue weighted by molar-refractivity contribution is 5.93. The molecule has 0 aliphatic rings. The molecule has 0 spiro atoms. The van der Waals surface area contributed by atoms with Crippen molar-refractivity contribution in [1.82, 2.24) is 9.78 Å². The summed E-state index contributed by atoms with van der Waals surface area (Å²) in [6, 6.07) is 6.66. The van der Waals surface area contributed by atoms with E-state index in [9.17, 15) is 40.3 Å². The molecule has 2 aromatic carbocycles. The summed E-state index contributed by atoms with van der Waals surface area (Å²) < 4.78 is 92.0. The molecule has 12 heteroatoms. The third kappa shape index (κ3) is 5.57. The Bertz CT molecular complexity index is 1200. The van der Waals surface area contributed by atoms with Gasteiger partial charge in [-0.2, -0.15) is 31.4 Å². The molecule has 5 nitrogen and oxygen atoms in total. The lowest BCUT2D eigenvalue weighted by molar-refractivity contribution is -0.143. The average molecular weight is 473 g/mol. The molecule has 1 atom stereocenters. The van der Waals surface area contributed by atoms with Crippen LogP contribution in [0.1, 0.15) is 24.1 Å². The fourth-order valence-electron chi connectivity index (χ4n) is 2.86. The molecule has 1 aromatic heterocycles. The minimum absolute atomic E-state index is 0.0721. The van der Waals surface area contributed by atoms with Crippen LogP contribution in [0.4, 0.5) is 36.4 Å². The second kappa shape index (κ2) is 8.68. The van der Waals surface area contributed by atoms with Crippen molar-refractivity contribution in [2.24, 2.45) is 0 Å². The molecule has 3 rings (SSSR count). The van der Waals surface area contributed by atoms with E-state index in [4.69, 9.17) is 0 Å². The first-order valence-corrected chi connectivity index (χ1v) is 9.22. The molecule has 1 N–H and O–H groups in total. The second-order valence-electron chi connectivity index (χ2n) is 6.97. The summed E-state index contributed by atoms with van der Waals surface area (Å²) in [6.07, 6.45) is -10.2. The number of hydrogen-bond acceptors (Lipinski definition) is 3. The van der Waals surface area contributed by atoms with Crippen molar-refractivity contribution in [1.29, 1.82) is 0 Å². The lowest BCUT2D eigenvalue weighted by atomic mass is 10.1. The van der Waals surface area contributed by atoms with Crippen LogP contribution in [0.3, 0.4) is 0 Å². The molecule has 0 radical (unpaired) electrons. The quantitative estimate of drug-likeness (QED) is 0.524. The van der Waals surface area contributed by atoms with Crippen LogP contribution in [0, 0.1) is 5.82 Å². The number of halogens is 7. The van der Waals surface area contributed by atoms with Crippen LogP contribution in [0.5, 0.6) is 0 Å². The highest BCUT2D eigenvalue weighted by Gasteiger charge is 2.37. The van der Waals surface area contributed by atoms with Gasteiger partial charge in [0.25, 0.3) is 5.56 Å². The van der Waals surface area contributed by atoms with E-state index in [1.807, 2.05) is 5.32 Å². The SMILES string of the molecule is CC(C(=O)Nc1cc(C(F)(F)F)cc(C(F)(F)F)c1)n1nc(-c2ccc(F)cc2)ccc1=O. The number of nitrogens with one attached hydrogen (secondary N) is 1. The summed E-state index contributed by atoms with van der Waals surface area (Å²) in [5.41, 5.74) is -4.11. The summed E-state index contributed by atoms with van der Waals surface area (Å²) in [4.78, 5) is 24.7. The van der Waals surface area contributed by atoms with E-state index in [2.05, 4.69) is 5.10 Å². The Kier molecular flexibility index (Phi) is 6.30. The van der Waals surface area contributed by atoms with E-state index in [1.54, 1.807) is 0 Å². The van der Waals surface area contributed by atoms with Crippen molar-refractivity contribution < 1.29 is 35.5 Å². The lowest BCUT2D eigenvalue weighted by Crippen LogP contribution is -2.33. The normalized spacial score (nSPS) is 13.0. The van der Waals surface area contributed by atoms with E-state index < -0.39 is 52.5 Å². The first-order valence-electron chi connectivity index (χ1n) is 9.22. The van der Waals surface area contributed by atoms with Gasteiger partial charge < -0.3 is 5.32 Å². The summed E-state index contributed by atoms with van der Waals surface area (Å²) in [5.74, 6) is -1.59. The van der Waals surface area contributed by atoms with Crippen molar-refractivity contribution in [3.63, 3.8) is 0 Å². The van der Waals surface area contributed by atoms with Gasteiger partial charge in [-0.1, -0.05) is 0 Å². The van der Waals surface area contributed by atoms with Gasteiger partial charge in [0.2, 0.25) is 5.91 Å². The number of amides is 1. The lowest BCUT2D eigenvalue weighted by Gasteiger charge is -2.17. The van der Waals surface area contributed by atoms with Gasteiger partial charge in [-0.3, -0.25) is 9.59 Å². The molecule has 174 valence electrons. The van der Waals surface area contributed by atoms with Crippen molar-refractivity contribution in [2.45, 2.75) is 25.3 Å². The van der Waals surface area contributed by atoms with Gasteiger partial charge in [0.15, 0.2) is 0 Å². The molecule has 1 unspecified atom stereocenters. The zero-order chi connectivity index (χ0) is 24.6. The number of carbonyl (C=O) groups excluding carboxylic acids is 1. The molecular weight excluding hydrogens is 459 g/mol. The maximum Gasteiger partial charge on any atom is 0.416 e. The molecule has 0 saturated carbocycles. The van der Waals surface area contributed by atoms with Gasteiger partial charge in [-0.05, 0) is 55.5 Å². The Morgan fingerprint density at radius 2 is 1.45 bits per heavy atom. The van der Waals surface area contributed by atoms with Gasteiger partial charge in [0.05, 0.1) is 16.8 Å². The average Bonchev–Trinajstić information content (AvgIpc) is 2.73. The standard InChI is InChI=1S/C21H14F7N3O2/c1-11(31-18(32)7-6-17(30-31)12-2-4-15(22)5-3-12)19(33)29-16-9-13(20(23,24)25)8-14(10-16)21(26,27)28/h2-11H,1H3,(H,29,33). The largest absolute Gasteiger partial charge is 0.416 e. The van der Waals surface area contributed by atoms with Crippen LogP contribution in [0.2, 0.25) is 0 Å². The predicted molar refractivity (Wildman–Crippen MR) is 104 cm³/mol. The first-order chi connectivity index (χ1) is 15.3. The van der Waals surface area contributed by atoms with Crippen LogP contribution in [-0.4, -0.2) is 15.7 Å². The van der Waals surface area contributed by atoms with Gasteiger partial charge in [-0.15, -0.1) is 0 Å². The third-order valence-electron chi connectivity index (χ3n) is 4.57. The Morgan fingerprint density at radius 3 is 1.97 bits per heavy atom. The Morgan fingerprint density at radius 1 is 0.909 bits per heavy atom. The fourth-order valence-corrected chi connectivity index (χ4v) is 2.86. The van der Waals surface area contributed by atoms with E-state index in [1.165, 1.54) is 25.1 Å². The number of rotatable bonds is 4. The number of benzene rings is 2. The Balaban J connectivity index is 1.93. The van der Waals surface area contributed by atoms with Gasteiger partial charge in [0, 0.05) is 17.3 Å². The summed E-state index contributed by atoms with van der Waals surface area (Å²) in [7, 11) is 0. The minimum atomic E-state index is -5.09. The highest BCUT2D eigenvalue weighted by atomic mass is 19.4. The van der Waals surface area contributed by atoms with Crippen LogP contribution in [0.15, 0.2) is 59.4 Å². The van der Waals surface area contributed by atoms with Crippen LogP contribution in [0.25, 0.3) is 11.3 Å². The smallest absolute Gasteiger partial charge is 0.324 e. The van der Waals surface area contributed by atoms with Crippen molar-refractivity contribution in [3.8, 4) is 11.3 Å². The summed E-state index contributed by atoms with van der Waals surface area (Å²) in [5, 5.41) is 5.98. The number of carbonyl (C=O) groups is 1. The number of aromatic nitrogens is 2. The number of alkyl halides is 6. The maximum atomic E-state index is 13.1. The van der Waals surface area contributed by atoms with E-state index in [0.717, 1.165) is 18.2 Å². The second-order valence-corrected chi connectivity index (χ2v) is 6.97. The first kappa shape index (κ1) is 24.0. The van der Waals surface area contributed by atoms with Crippen molar-refractivity contribution >= 4 is 11.6 Å². The molecule has 3 aromatic rings. The number of anilines is 1. The Labute approximate surface area is 181 Å². The van der Waals surface area contributed by atoms with Crippen molar-refractivity contribution in [3.05, 3.63) is 81.9 Å². The maximum absolute atomic E-state index is 13.1. The van der Waals surface area contributed by atoms with E-state index in [0.29, 0.717) is 22.4 Å². The number of hydrogen-bond donors (Lipinski definition) is 1. The Hall–Kier alpha value is -3.70. The molecule has 33 heavy (non-hydrogen) atoms. The molecule has 1 amide bonds. The fraction of sp³-hybridized carbons (Fsp3) is 0.190. The molecule has 0 aliphatic heterocycles. The van der Waals surface area contributed by atoms with Crippen LogP contribution < -0.4 is 10.9 Å². The van der Waals surface area contributed by atoms with E-state index >= 15 is 0 Å². The highest BCUT2D eigenvalue weighted by Crippen LogP contribution is 2.37. The van der Waals surface area contributed by atoms with Crippen LogP contribution >= 0.6 is 0 Å².